The van der Waals surface area contributed by atoms with Gasteiger partial charge in [0.25, 0.3) is 0 Å². The standard InChI is InChI=1S/C9H11ClF3N3O3/c10-5-1-6(15-7(14-5)9(11,12)13)16-8(2-17,3-18)4-19/h1,17-19H,2-4H2,(H,14,15,16). The molecule has 0 saturated carbocycles. The van der Waals surface area contributed by atoms with Gasteiger partial charge in [0.1, 0.15) is 16.5 Å². The second kappa shape index (κ2) is 5.87. The van der Waals surface area contributed by atoms with Crippen molar-refractivity contribution in [3.63, 3.8) is 0 Å². The molecular formula is C9H11ClF3N3O3. The smallest absolute Gasteiger partial charge is 0.394 e. The maximum atomic E-state index is 12.5. The van der Waals surface area contributed by atoms with Crippen LogP contribution < -0.4 is 5.32 Å². The number of anilines is 1. The summed E-state index contributed by atoms with van der Waals surface area (Å²) < 4.78 is 37.4. The first-order valence-corrected chi connectivity index (χ1v) is 5.37. The van der Waals surface area contributed by atoms with Crippen molar-refractivity contribution in [1.29, 1.82) is 0 Å². The molecule has 0 spiro atoms. The van der Waals surface area contributed by atoms with Crippen molar-refractivity contribution in [2.24, 2.45) is 0 Å². The predicted octanol–water partition coefficient (Wildman–Crippen LogP) is 0.276. The molecule has 0 aliphatic rings. The number of nitrogens with zero attached hydrogens (tertiary/aromatic N) is 2. The Balaban J connectivity index is 3.11. The molecule has 4 N–H and O–H groups in total. The van der Waals surface area contributed by atoms with Crippen LogP contribution in [-0.2, 0) is 6.18 Å². The molecule has 0 saturated heterocycles. The van der Waals surface area contributed by atoms with Crippen molar-refractivity contribution in [2.45, 2.75) is 11.7 Å². The molecule has 108 valence electrons. The van der Waals surface area contributed by atoms with Gasteiger partial charge >= 0.3 is 6.18 Å². The van der Waals surface area contributed by atoms with Crippen molar-refractivity contribution in [1.82, 2.24) is 9.97 Å². The van der Waals surface area contributed by atoms with Gasteiger partial charge < -0.3 is 20.6 Å². The summed E-state index contributed by atoms with van der Waals surface area (Å²) in [6.45, 7) is -2.16. The summed E-state index contributed by atoms with van der Waals surface area (Å²) >= 11 is 5.44. The van der Waals surface area contributed by atoms with Crippen molar-refractivity contribution in [2.75, 3.05) is 25.1 Å². The lowest BCUT2D eigenvalue weighted by Gasteiger charge is -2.29. The number of rotatable bonds is 5. The summed E-state index contributed by atoms with van der Waals surface area (Å²) in [6.07, 6.45) is -4.79. The molecule has 10 heteroatoms. The minimum absolute atomic E-state index is 0.371. The van der Waals surface area contributed by atoms with Crippen LogP contribution in [0.4, 0.5) is 19.0 Å². The summed E-state index contributed by atoms with van der Waals surface area (Å²) in [7, 11) is 0. The third-order valence-corrected chi connectivity index (χ3v) is 2.44. The number of nitrogens with one attached hydrogen (secondary N) is 1. The van der Waals surface area contributed by atoms with Gasteiger partial charge in [-0.3, -0.25) is 0 Å². The van der Waals surface area contributed by atoms with Crippen LogP contribution in [0.2, 0.25) is 5.15 Å². The highest BCUT2D eigenvalue weighted by Gasteiger charge is 2.36. The largest absolute Gasteiger partial charge is 0.451 e. The monoisotopic (exact) mass is 301 g/mol. The first-order valence-electron chi connectivity index (χ1n) is 4.99. The second-order valence-electron chi connectivity index (χ2n) is 3.78. The topological polar surface area (TPSA) is 98.5 Å². The van der Waals surface area contributed by atoms with Gasteiger partial charge in [0.2, 0.25) is 5.82 Å². The zero-order valence-corrected chi connectivity index (χ0v) is 10.2. The minimum atomic E-state index is -4.79. The molecule has 0 aliphatic heterocycles. The van der Waals surface area contributed by atoms with Crippen molar-refractivity contribution >= 4 is 17.4 Å². The SMILES string of the molecule is OCC(CO)(CO)Nc1cc(Cl)nc(C(F)(F)F)n1. The number of halogens is 4. The molecule has 1 heterocycles. The number of alkyl halides is 3. The fourth-order valence-corrected chi connectivity index (χ4v) is 1.33. The van der Waals surface area contributed by atoms with Gasteiger partial charge in [0.15, 0.2) is 0 Å². The van der Waals surface area contributed by atoms with Crippen LogP contribution in [0.25, 0.3) is 0 Å². The van der Waals surface area contributed by atoms with Gasteiger partial charge in [-0.1, -0.05) is 11.6 Å². The van der Waals surface area contributed by atoms with E-state index in [0.717, 1.165) is 6.07 Å². The Bertz CT molecular complexity index is 432. The molecule has 0 bridgehead atoms. The van der Waals surface area contributed by atoms with Crippen LogP contribution in [0.1, 0.15) is 5.82 Å². The highest BCUT2D eigenvalue weighted by molar-refractivity contribution is 6.29. The van der Waals surface area contributed by atoms with E-state index < -0.39 is 42.5 Å². The van der Waals surface area contributed by atoms with E-state index in [2.05, 4.69) is 15.3 Å². The molecule has 1 aromatic heterocycles. The Morgan fingerprint density at radius 3 is 2.05 bits per heavy atom. The number of aliphatic hydroxyl groups is 3. The van der Waals surface area contributed by atoms with Crippen molar-refractivity contribution < 1.29 is 28.5 Å². The summed E-state index contributed by atoms with van der Waals surface area (Å²) in [6, 6.07) is 0.979. The number of hydrogen-bond donors (Lipinski definition) is 4. The molecule has 0 radical (unpaired) electrons. The molecule has 0 unspecified atom stereocenters. The van der Waals surface area contributed by atoms with E-state index in [-0.39, 0.29) is 5.82 Å². The van der Waals surface area contributed by atoms with Crippen LogP contribution in [-0.4, -0.2) is 50.6 Å². The molecule has 0 aromatic carbocycles. The molecule has 0 amide bonds. The highest BCUT2D eigenvalue weighted by atomic mass is 35.5. The van der Waals surface area contributed by atoms with Crippen LogP contribution in [0.5, 0.6) is 0 Å². The Labute approximate surface area is 110 Å². The van der Waals surface area contributed by atoms with Gasteiger partial charge in [-0.25, -0.2) is 9.97 Å². The van der Waals surface area contributed by atoms with E-state index in [0.29, 0.717) is 0 Å². The first-order chi connectivity index (χ1) is 8.76. The molecule has 1 rings (SSSR count). The zero-order valence-electron chi connectivity index (χ0n) is 9.45. The normalized spacial score (nSPS) is 12.6. The molecular weight excluding hydrogens is 291 g/mol. The maximum Gasteiger partial charge on any atom is 0.451 e. The molecule has 0 fully saturated rings. The van der Waals surface area contributed by atoms with Crippen LogP contribution >= 0.6 is 11.6 Å². The average Bonchev–Trinajstić information content (AvgIpc) is 2.34. The summed E-state index contributed by atoms with van der Waals surface area (Å²) in [4.78, 5) is 6.18. The fraction of sp³-hybridized carbons (Fsp3) is 0.556. The Kier molecular flexibility index (Phi) is 4.91. The number of hydrogen-bond acceptors (Lipinski definition) is 6. The van der Waals surface area contributed by atoms with E-state index in [1.807, 2.05) is 0 Å². The minimum Gasteiger partial charge on any atom is -0.394 e. The Morgan fingerprint density at radius 2 is 1.63 bits per heavy atom. The third-order valence-electron chi connectivity index (χ3n) is 2.25. The van der Waals surface area contributed by atoms with Gasteiger partial charge in [-0.2, -0.15) is 13.2 Å². The molecule has 6 nitrogen and oxygen atoms in total. The Morgan fingerprint density at radius 1 is 1.11 bits per heavy atom. The van der Waals surface area contributed by atoms with Gasteiger partial charge in [-0.15, -0.1) is 0 Å². The second-order valence-corrected chi connectivity index (χ2v) is 4.16. The maximum absolute atomic E-state index is 12.5. The quantitative estimate of drug-likeness (QED) is 0.583. The van der Waals surface area contributed by atoms with E-state index in [1.54, 1.807) is 0 Å². The first kappa shape index (κ1) is 15.9. The van der Waals surface area contributed by atoms with Crippen LogP contribution in [0, 0.1) is 0 Å². The lowest BCUT2D eigenvalue weighted by Crippen LogP contribution is -2.49. The van der Waals surface area contributed by atoms with Crippen molar-refractivity contribution in [3.8, 4) is 0 Å². The van der Waals surface area contributed by atoms with E-state index in [4.69, 9.17) is 26.9 Å². The number of aromatic nitrogens is 2. The van der Waals surface area contributed by atoms with E-state index in [1.165, 1.54) is 0 Å². The summed E-state index contributed by atoms with van der Waals surface area (Å²) in [5.74, 6) is -1.84. The lowest BCUT2D eigenvalue weighted by atomic mass is 10.0. The third kappa shape index (κ3) is 3.90. The van der Waals surface area contributed by atoms with E-state index >= 15 is 0 Å². The Hall–Kier alpha value is -1.16. The summed E-state index contributed by atoms with van der Waals surface area (Å²) in [5, 5.41) is 29.0. The fourth-order valence-electron chi connectivity index (χ4n) is 1.15. The predicted molar refractivity (Wildman–Crippen MR) is 59.7 cm³/mol. The van der Waals surface area contributed by atoms with Gasteiger partial charge in [0.05, 0.1) is 19.8 Å². The molecule has 1 aromatic rings. The van der Waals surface area contributed by atoms with Gasteiger partial charge in [0, 0.05) is 6.07 Å². The summed E-state index contributed by atoms with van der Waals surface area (Å²) in [5.41, 5.74) is -1.61. The molecule has 0 aliphatic carbocycles. The van der Waals surface area contributed by atoms with Gasteiger partial charge in [-0.05, 0) is 0 Å². The zero-order chi connectivity index (χ0) is 14.7. The highest BCUT2D eigenvalue weighted by Crippen LogP contribution is 2.28. The lowest BCUT2D eigenvalue weighted by molar-refractivity contribution is -0.144. The van der Waals surface area contributed by atoms with Crippen LogP contribution in [0.15, 0.2) is 6.07 Å². The molecule has 0 atom stereocenters. The average molecular weight is 302 g/mol. The van der Waals surface area contributed by atoms with Crippen molar-refractivity contribution in [3.05, 3.63) is 17.0 Å². The number of aliphatic hydroxyl groups excluding tert-OH is 3. The molecule has 19 heavy (non-hydrogen) atoms. The van der Waals surface area contributed by atoms with Crippen LogP contribution in [0.3, 0.4) is 0 Å². The van der Waals surface area contributed by atoms with E-state index in [9.17, 15) is 13.2 Å².